The molecule has 1 saturated carbocycles. The van der Waals surface area contributed by atoms with Crippen molar-refractivity contribution in [2.75, 3.05) is 12.8 Å². The lowest BCUT2D eigenvalue weighted by Gasteiger charge is -2.22. The van der Waals surface area contributed by atoms with Gasteiger partial charge in [0.05, 0.1) is 15.7 Å². The molecule has 0 radical (unpaired) electrons. The Balaban J connectivity index is 2.18. The zero-order chi connectivity index (χ0) is 13.9. The van der Waals surface area contributed by atoms with Crippen LogP contribution in [0.15, 0.2) is 29.2 Å². The fourth-order valence-electron chi connectivity index (χ4n) is 2.84. The minimum atomic E-state index is -3.33. The first-order chi connectivity index (χ1) is 9.04. The highest BCUT2D eigenvalue weighted by Gasteiger charge is 2.29. The molecular formula is C14H20ClNO2S. The van der Waals surface area contributed by atoms with E-state index in [4.69, 9.17) is 11.6 Å². The molecule has 106 valence electrons. The molecule has 1 atom stereocenters. The van der Waals surface area contributed by atoms with Gasteiger partial charge in [-0.05, 0) is 37.9 Å². The number of hydrogen-bond donors (Lipinski definition) is 1. The van der Waals surface area contributed by atoms with E-state index < -0.39 is 9.84 Å². The highest BCUT2D eigenvalue weighted by atomic mass is 35.5. The van der Waals surface area contributed by atoms with E-state index in [1.807, 2.05) is 7.05 Å². The van der Waals surface area contributed by atoms with Gasteiger partial charge >= 0.3 is 0 Å². The summed E-state index contributed by atoms with van der Waals surface area (Å²) in [7, 11) is -1.50. The molecule has 0 aromatic heterocycles. The van der Waals surface area contributed by atoms with Crippen LogP contribution in [0.1, 0.15) is 25.7 Å². The number of sulfone groups is 1. The van der Waals surface area contributed by atoms with Gasteiger partial charge in [-0.3, -0.25) is 0 Å². The number of nitrogens with one attached hydrogen (secondary N) is 1. The van der Waals surface area contributed by atoms with Gasteiger partial charge in [-0.25, -0.2) is 8.42 Å². The van der Waals surface area contributed by atoms with E-state index in [1.54, 1.807) is 24.3 Å². The maximum absolute atomic E-state index is 12.5. The lowest BCUT2D eigenvalue weighted by atomic mass is 10.0. The lowest BCUT2D eigenvalue weighted by Crippen LogP contribution is -2.38. The van der Waals surface area contributed by atoms with Crippen LogP contribution in [0.2, 0.25) is 5.02 Å². The number of halogens is 1. The lowest BCUT2D eigenvalue weighted by molar-refractivity contribution is 0.404. The van der Waals surface area contributed by atoms with Gasteiger partial charge < -0.3 is 5.32 Å². The van der Waals surface area contributed by atoms with Gasteiger partial charge in [-0.15, -0.1) is 0 Å². The van der Waals surface area contributed by atoms with Crippen LogP contribution in [0.25, 0.3) is 0 Å². The summed E-state index contributed by atoms with van der Waals surface area (Å²) >= 11 is 6.00. The molecule has 0 heterocycles. The summed E-state index contributed by atoms with van der Waals surface area (Å²) in [6.45, 7) is 0. The third kappa shape index (κ3) is 3.50. The van der Waals surface area contributed by atoms with E-state index >= 15 is 0 Å². The molecule has 1 aliphatic carbocycles. The zero-order valence-corrected chi connectivity index (χ0v) is 12.7. The van der Waals surface area contributed by atoms with Crippen molar-refractivity contribution in [3.05, 3.63) is 29.3 Å². The topological polar surface area (TPSA) is 46.2 Å². The van der Waals surface area contributed by atoms with Crippen LogP contribution >= 0.6 is 11.6 Å². The highest BCUT2D eigenvalue weighted by molar-refractivity contribution is 7.91. The zero-order valence-electron chi connectivity index (χ0n) is 11.1. The van der Waals surface area contributed by atoms with Crippen molar-refractivity contribution in [2.45, 2.75) is 36.6 Å². The van der Waals surface area contributed by atoms with Crippen molar-refractivity contribution in [3.63, 3.8) is 0 Å². The van der Waals surface area contributed by atoms with Crippen LogP contribution in [-0.4, -0.2) is 27.3 Å². The first-order valence-electron chi connectivity index (χ1n) is 6.69. The minimum absolute atomic E-state index is 0.0174. The predicted molar refractivity (Wildman–Crippen MR) is 78.3 cm³/mol. The van der Waals surface area contributed by atoms with Gasteiger partial charge in [0.1, 0.15) is 0 Å². The average molecular weight is 302 g/mol. The van der Waals surface area contributed by atoms with Gasteiger partial charge in [0.2, 0.25) is 0 Å². The first-order valence-corrected chi connectivity index (χ1v) is 8.72. The Labute approximate surface area is 120 Å². The second-order valence-electron chi connectivity index (χ2n) is 5.15. The Kier molecular flexibility index (Phi) is 4.87. The number of hydrogen-bond acceptors (Lipinski definition) is 3. The highest BCUT2D eigenvalue weighted by Crippen LogP contribution is 2.30. The van der Waals surface area contributed by atoms with Crippen molar-refractivity contribution < 1.29 is 8.42 Å². The van der Waals surface area contributed by atoms with Crippen molar-refractivity contribution in [3.8, 4) is 0 Å². The van der Waals surface area contributed by atoms with Crippen molar-refractivity contribution in [2.24, 2.45) is 5.92 Å². The Hall–Kier alpha value is -0.580. The average Bonchev–Trinajstić information content (AvgIpc) is 2.90. The van der Waals surface area contributed by atoms with E-state index in [2.05, 4.69) is 5.32 Å². The minimum Gasteiger partial charge on any atom is -0.316 e. The molecule has 0 amide bonds. The molecule has 0 bridgehead atoms. The van der Waals surface area contributed by atoms with E-state index in [9.17, 15) is 8.42 Å². The fourth-order valence-corrected chi connectivity index (χ4v) is 5.07. The van der Waals surface area contributed by atoms with Gasteiger partial charge in [-0.2, -0.15) is 0 Å². The summed E-state index contributed by atoms with van der Waals surface area (Å²) in [5.74, 6) is 0.583. The Morgan fingerprint density at radius 1 is 1.32 bits per heavy atom. The van der Waals surface area contributed by atoms with Crippen LogP contribution in [-0.2, 0) is 9.84 Å². The maximum atomic E-state index is 12.5. The van der Waals surface area contributed by atoms with Crippen LogP contribution in [0, 0.1) is 5.92 Å². The fraction of sp³-hybridized carbons (Fsp3) is 0.571. The Morgan fingerprint density at radius 3 is 2.53 bits per heavy atom. The summed E-state index contributed by atoms with van der Waals surface area (Å²) in [6, 6.07) is 6.68. The number of benzene rings is 1. The van der Waals surface area contributed by atoms with Crippen molar-refractivity contribution >= 4 is 21.4 Å². The Morgan fingerprint density at radius 2 is 1.95 bits per heavy atom. The van der Waals surface area contributed by atoms with Crippen molar-refractivity contribution in [1.82, 2.24) is 5.32 Å². The largest absolute Gasteiger partial charge is 0.316 e. The van der Waals surface area contributed by atoms with Gasteiger partial charge in [0.25, 0.3) is 0 Å². The Bertz CT molecular complexity index is 524. The summed E-state index contributed by atoms with van der Waals surface area (Å²) in [5.41, 5.74) is 0. The normalized spacial score (nSPS) is 18.6. The molecule has 0 saturated heterocycles. The van der Waals surface area contributed by atoms with Crippen LogP contribution < -0.4 is 5.32 Å². The van der Waals surface area contributed by atoms with Crippen LogP contribution in [0.5, 0.6) is 0 Å². The predicted octanol–water partition coefficient (Wildman–Crippen LogP) is 2.89. The molecule has 1 unspecified atom stereocenters. The van der Waals surface area contributed by atoms with Crippen LogP contribution in [0.3, 0.4) is 0 Å². The maximum Gasteiger partial charge on any atom is 0.181 e. The summed E-state index contributed by atoms with van der Waals surface area (Å²) in [4.78, 5) is 0.245. The molecule has 1 aromatic rings. The van der Waals surface area contributed by atoms with E-state index in [0.717, 1.165) is 12.8 Å². The SMILES string of the molecule is CNC(CS(=O)(=O)c1ccccc1Cl)C1CCCC1. The molecule has 1 N–H and O–H groups in total. The van der Waals surface area contributed by atoms with Crippen LogP contribution in [0.4, 0.5) is 0 Å². The molecule has 0 aliphatic heterocycles. The van der Waals surface area contributed by atoms with Gasteiger partial charge in [0.15, 0.2) is 9.84 Å². The second-order valence-corrected chi connectivity index (χ2v) is 7.56. The summed E-state index contributed by atoms with van der Waals surface area (Å²) < 4.78 is 24.9. The smallest absolute Gasteiger partial charge is 0.181 e. The van der Waals surface area contributed by atoms with Gasteiger partial charge in [0, 0.05) is 6.04 Å². The molecular weight excluding hydrogens is 282 g/mol. The molecule has 1 aromatic carbocycles. The third-order valence-corrected chi connectivity index (χ3v) is 6.18. The standard InChI is InChI=1S/C14H20ClNO2S/c1-16-13(11-6-2-3-7-11)10-19(17,18)14-9-5-4-8-12(14)15/h4-5,8-9,11,13,16H,2-3,6-7,10H2,1H3. The quantitative estimate of drug-likeness (QED) is 0.909. The third-order valence-electron chi connectivity index (χ3n) is 3.91. The molecule has 5 heteroatoms. The summed E-state index contributed by atoms with van der Waals surface area (Å²) in [5, 5.41) is 3.48. The van der Waals surface area contributed by atoms with E-state index in [1.165, 1.54) is 12.8 Å². The van der Waals surface area contributed by atoms with Gasteiger partial charge in [-0.1, -0.05) is 36.6 Å². The molecule has 3 nitrogen and oxygen atoms in total. The first kappa shape index (κ1) is 14.8. The van der Waals surface area contributed by atoms with E-state index in [-0.39, 0.29) is 16.7 Å². The molecule has 1 fully saturated rings. The van der Waals surface area contributed by atoms with Crippen molar-refractivity contribution in [1.29, 1.82) is 0 Å². The molecule has 1 aliphatic rings. The molecule has 0 spiro atoms. The van der Waals surface area contributed by atoms with E-state index in [0.29, 0.717) is 10.9 Å². The molecule has 19 heavy (non-hydrogen) atoms. The number of rotatable bonds is 5. The molecule has 2 rings (SSSR count). The summed E-state index contributed by atoms with van der Waals surface area (Å²) in [6.07, 6.45) is 4.64. The monoisotopic (exact) mass is 301 g/mol. The second kappa shape index (κ2) is 6.25.